The van der Waals surface area contributed by atoms with Crippen LogP contribution in [0.1, 0.15) is 6.92 Å². The third-order valence-electron chi connectivity index (χ3n) is 5.48. The lowest BCUT2D eigenvalue weighted by Gasteiger charge is -2.25. The van der Waals surface area contributed by atoms with Gasteiger partial charge in [0, 0.05) is 30.9 Å². The third-order valence-corrected chi connectivity index (χ3v) is 8.47. The Morgan fingerprint density at radius 3 is 2.22 bits per heavy atom. The fraction of sp³-hybridized carbons (Fsp3) is 0.0870. The zero-order chi connectivity index (χ0) is 25.7. The standard InChI is InChI=1S/C23H20N6O5S2/c1-15(30)24-17-11-13-19(14-12-17)35(31,32)27-18-9-7-16(8-10-18)22-25-23-28(2)20-5-3-4-6-21(20)36(33,34)29(23)26-22/h3-14,27H,1-2H3,(H,24,30). The predicted molar refractivity (Wildman–Crippen MR) is 134 cm³/mol. The Hall–Kier alpha value is -4.23. The first-order chi connectivity index (χ1) is 17.1. The molecule has 11 nitrogen and oxygen atoms in total. The number of fused-ring (bicyclic) bond motifs is 2. The molecule has 1 amide bonds. The Balaban J connectivity index is 1.39. The Morgan fingerprint density at radius 2 is 1.56 bits per heavy atom. The van der Waals surface area contributed by atoms with E-state index in [2.05, 4.69) is 20.1 Å². The van der Waals surface area contributed by atoms with E-state index >= 15 is 0 Å². The van der Waals surface area contributed by atoms with Crippen molar-refractivity contribution in [2.75, 3.05) is 22.0 Å². The van der Waals surface area contributed by atoms with Crippen molar-refractivity contribution < 1.29 is 21.6 Å². The van der Waals surface area contributed by atoms with Gasteiger partial charge in [-0.2, -0.15) is 13.4 Å². The van der Waals surface area contributed by atoms with E-state index in [1.165, 1.54) is 49.4 Å². The SMILES string of the molecule is CC(=O)Nc1ccc(S(=O)(=O)Nc2ccc(-c3nc4n(n3)S(=O)(=O)c3ccccc3N4C)cc2)cc1. The molecular formula is C23H20N6O5S2. The second kappa shape index (κ2) is 8.46. The minimum Gasteiger partial charge on any atom is -0.326 e. The molecule has 36 heavy (non-hydrogen) atoms. The zero-order valence-corrected chi connectivity index (χ0v) is 20.7. The van der Waals surface area contributed by atoms with Gasteiger partial charge in [-0.3, -0.25) is 9.52 Å². The molecule has 2 N–H and O–H groups in total. The van der Waals surface area contributed by atoms with E-state index in [0.29, 0.717) is 22.6 Å². The number of sulfonamides is 1. The van der Waals surface area contributed by atoms with Crippen LogP contribution in [0.4, 0.5) is 23.0 Å². The largest absolute Gasteiger partial charge is 0.326 e. The van der Waals surface area contributed by atoms with Crippen molar-refractivity contribution in [3.8, 4) is 11.4 Å². The monoisotopic (exact) mass is 524 g/mol. The molecule has 0 aliphatic carbocycles. The molecule has 0 saturated carbocycles. The number of carbonyl (C=O) groups is 1. The smallest absolute Gasteiger partial charge is 0.288 e. The predicted octanol–water partition coefficient (Wildman–Crippen LogP) is 3.02. The number of nitrogens with zero attached hydrogens (tertiary/aromatic N) is 4. The summed E-state index contributed by atoms with van der Waals surface area (Å²) in [6, 6.07) is 18.6. The van der Waals surface area contributed by atoms with Gasteiger partial charge in [0.2, 0.25) is 11.9 Å². The summed E-state index contributed by atoms with van der Waals surface area (Å²) in [5, 5.41) is 6.79. The number of hydrogen-bond acceptors (Lipinski definition) is 8. The maximum absolute atomic E-state index is 13.0. The highest BCUT2D eigenvalue weighted by molar-refractivity contribution is 7.92. The van der Waals surface area contributed by atoms with Gasteiger partial charge in [-0.25, -0.2) is 8.42 Å². The summed E-state index contributed by atoms with van der Waals surface area (Å²) >= 11 is 0. The van der Waals surface area contributed by atoms with Gasteiger partial charge in [0.15, 0.2) is 5.82 Å². The van der Waals surface area contributed by atoms with Crippen molar-refractivity contribution >= 4 is 49.0 Å². The van der Waals surface area contributed by atoms with E-state index in [9.17, 15) is 21.6 Å². The number of hydrogen-bond donors (Lipinski definition) is 2. The Kier molecular flexibility index (Phi) is 5.53. The number of para-hydroxylation sites is 1. The van der Waals surface area contributed by atoms with E-state index in [0.717, 1.165) is 4.09 Å². The minimum atomic E-state index is -3.91. The summed E-state index contributed by atoms with van der Waals surface area (Å²) in [6.07, 6.45) is 0. The van der Waals surface area contributed by atoms with Crippen molar-refractivity contribution in [3.05, 3.63) is 72.8 Å². The molecule has 0 fully saturated rings. The summed E-state index contributed by atoms with van der Waals surface area (Å²) < 4.78 is 54.9. The summed E-state index contributed by atoms with van der Waals surface area (Å²) in [4.78, 5) is 17.3. The number of benzene rings is 3. The molecule has 13 heteroatoms. The molecule has 4 aromatic rings. The average Bonchev–Trinajstić information content (AvgIpc) is 3.30. The highest BCUT2D eigenvalue weighted by atomic mass is 32.2. The van der Waals surface area contributed by atoms with Crippen molar-refractivity contribution in [3.63, 3.8) is 0 Å². The summed E-state index contributed by atoms with van der Waals surface area (Å²) in [7, 11) is -6.08. The topological polar surface area (TPSA) is 143 Å². The van der Waals surface area contributed by atoms with Crippen LogP contribution in [-0.4, -0.2) is 44.0 Å². The zero-order valence-electron chi connectivity index (χ0n) is 19.1. The maximum Gasteiger partial charge on any atom is 0.288 e. The molecule has 0 spiro atoms. The van der Waals surface area contributed by atoms with Crippen LogP contribution < -0.4 is 14.9 Å². The van der Waals surface area contributed by atoms with E-state index in [1.807, 2.05) is 0 Å². The molecule has 0 saturated heterocycles. The number of anilines is 4. The number of aromatic nitrogens is 3. The molecule has 0 atom stereocenters. The van der Waals surface area contributed by atoms with Crippen LogP contribution in [0.25, 0.3) is 11.4 Å². The molecule has 3 aromatic carbocycles. The molecular weight excluding hydrogens is 504 g/mol. The van der Waals surface area contributed by atoms with Crippen LogP contribution in [0.15, 0.2) is 82.6 Å². The van der Waals surface area contributed by atoms with Gasteiger partial charge in [-0.1, -0.05) is 12.1 Å². The summed E-state index contributed by atoms with van der Waals surface area (Å²) in [6.45, 7) is 1.36. The van der Waals surface area contributed by atoms with E-state index in [4.69, 9.17) is 0 Å². The lowest BCUT2D eigenvalue weighted by atomic mass is 10.2. The lowest BCUT2D eigenvalue weighted by molar-refractivity contribution is -0.114. The van der Waals surface area contributed by atoms with Crippen LogP contribution in [0.3, 0.4) is 0 Å². The first-order valence-corrected chi connectivity index (χ1v) is 13.5. The molecule has 0 radical (unpaired) electrons. The average molecular weight is 525 g/mol. The molecule has 5 rings (SSSR count). The van der Waals surface area contributed by atoms with Gasteiger partial charge < -0.3 is 10.2 Å². The first kappa shape index (κ1) is 23.5. The number of amides is 1. The number of rotatable bonds is 5. The van der Waals surface area contributed by atoms with Crippen molar-refractivity contribution in [2.45, 2.75) is 16.7 Å². The summed E-state index contributed by atoms with van der Waals surface area (Å²) in [5.74, 6) is 0.0676. The van der Waals surface area contributed by atoms with Crippen LogP contribution in [-0.2, 0) is 24.8 Å². The van der Waals surface area contributed by atoms with Gasteiger partial charge in [0.25, 0.3) is 20.0 Å². The molecule has 1 aromatic heterocycles. The van der Waals surface area contributed by atoms with Crippen molar-refractivity contribution in [1.82, 2.24) is 14.2 Å². The number of carbonyl (C=O) groups excluding carboxylic acids is 1. The van der Waals surface area contributed by atoms with Gasteiger partial charge in [-0.15, -0.1) is 9.19 Å². The minimum absolute atomic E-state index is 0.0249. The fourth-order valence-corrected chi connectivity index (χ4v) is 6.28. The normalized spacial score (nSPS) is 14.0. The van der Waals surface area contributed by atoms with E-state index in [-0.39, 0.29) is 27.5 Å². The first-order valence-electron chi connectivity index (χ1n) is 10.6. The Bertz CT molecular complexity index is 1700. The van der Waals surface area contributed by atoms with Crippen molar-refractivity contribution in [1.29, 1.82) is 0 Å². The molecule has 1 aliphatic heterocycles. The highest BCUT2D eigenvalue weighted by Crippen LogP contribution is 2.37. The highest BCUT2D eigenvalue weighted by Gasteiger charge is 2.35. The molecule has 184 valence electrons. The van der Waals surface area contributed by atoms with Gasteiger partial charge in [0.1, 0.15) is 4.90 Å². The van der Waals surface area contributed by atoms with Crippen LogP contribution in [0.5, 0.6) is 0 Å². The fourth-order valence-electron chi connectivity index (χ4n) is 3.75. The second-order valence-corrected chi connectivity index (χ2v) is 11.4. The van der Waals surface area contributed by atoms with Crippen molar-refractivity contribution in [2.24, 2.45) is 0 Å². The Morgan fingerprint density at radius 1 is 0.917 bits per heavy atom. The molecule has 0 bridgehead atoms. The van der Waals surface area contributed by atoms with Gasteiger partial charge in [-0.05, 0) is 60.7 Å². The van der Waals surface area contributed by atoms with Crippen LogP contribution in [0, 0.1) is 0 Å². The maximum atomic E-state index is 13.0. The van der Waals surface area contributed by atoms with Gasteiger partial charge in [0.05, 0.1) is 10.6 Å². The lowest BCUT2D eigenvalue weighted by Crippen LogP contribution is -2.28. The van der Waals surface area contributed by atoms with Gasteiger partial charge >= 0.3 is 0 Å². The Labute approximate surface area is 207 Å². The molecule has 0 unspecified atom stereocenters. The summed E-state index contributed by atoms with van der Waals surface area (Å²) in [5.41, 5.74) is 1.79. The second-order valence-electron chi connectivity index (χ2n) is 8.00. The van der Waals surface area contributed by atoms with Crippen LogP contribution >= 0.6 is 0 Å². The number of nitrogens with one attached hydrogen (secondary N) is 2. The molecule has 2 heterocycles. The quantitative estimate of drug-likeness (QED) is 0.406. The van der Waals surface area contributed by atoms with E-state index in [1.54, 1.807) is 42.3 Å². The third kappa shape index (κ3) is 4.07. The molecule has 1 aliphatic rings. The van der Waals surface area contributed by atoms with E-state index < -0.39 is 20.0 Å². The van der Waals surface area contributed by atoms with Crippen LogP contribution in [0.2, 0.25) is 0 Å².